The predicted molar refractivity (Wildman–Crippen MR) is 65.9 cm³/mol. The molecule has 18 heavy (non-hydrogen) atoms. The minimum atomic E-state index is -1.52. The Balaban J connectivity index is 3.18. The summed E-state index contributed by atoms with van der Waals surface area (Å²) in [6.07, 6.45) is 5.17. The number of nitrogens with two attached hydrogens (primary N) is 2. The van der Waals surface area contributed by atoms with Crippen LogP contribution < -0.4 is 11.5 Å². The largest absolute Gasteiger partial charge is 0.368 e. The van der Waals surface area contributed by atoms with Crippen LogP contribution in [0.4, 0.5) is 0 Å². The van der Waals surface area contributed by atoms with Gasteiger partial charge in [-0.1, -0.05) is 30.3 Å². The van der Waals surface area contributed by atoms with Crippen LogP contribution in [-0.2, 0) is 19.9 Å². The van der Waals surface area contributed by atoms with Gasteiger partial charge in [0.15, 0.2) is 5.60 Å². The highest BCUT2D eigenvalue weighted by molar-refractivity contribution is 5.86. The molecule has 4 N–H and O–H groups in total. The summed E-state index contributed by atoms with van der Waals surface area (Å²) in [5.74, 6) is 0.877. The Morgan fingerprint density at radius 1 is 1.28 bits per heavy atom. The summed E-state index contributed by atoms with van der Waals surface area (Å²) < 4.78 is 5.29. The van der Waals surface area contributed by atoms with Gasteiger partial charge in [0.25, 0.3) is 5.91 Å². The molecular formula is C13H14N2O3. The van der Waals surface area contributed by atoms with E-state index >= 15 is 0 Å². The number of carbonyl (C=O) groups excluding carboxylic acids is 2. The predicted octanol–water partition coefficient (Wildman–Crippen LogP) is -0.108. The van der Waals surface area contributed by atoms with Crippen LogP contribution in [0.1, 0.15) is 12.0 Å². The van der Waals surface area contributed by atoms with Gasteiger partial charge in [0.05, 0.1) is 6.42 Å². The van der Waals surface area contributed by atoms with Crippen molar-refractivity contribution in [3.05, 3.63) is 35.9 Å². The molecule has 0 saturated heterocycles. The summed E-state index contributed by atoms with van der Waals surface area (Å²) in [7, 11) is 0. The third-order valence-electron chi connectivity index (χ3n) is 2.45. The molecule has 0 heterocycles. The van der Waals surface area contributed by atoms with Crippen LogP contribution in [-0.4, -0.2) is 18.4 Å². The molecule has 0 radical (unpaired) electrons. The van der Waals surface area contributed by atoms with Crippen LogP contribution in [0.2, 0.25) is 0 Å². The van der Waals surface area contributed by atoms with Crippen molar-refractivity contribution in [3.8, 4) is 12.3 Å². The number of hydrogen-bond acceptors (Lipinski definition) is 3. The van der Waals surface area contributed by atoms with Gasteiger partial charge in [-0.05, 0) is 5.56 Å². The van der Waals surface area contributed by atoms with Crippen LogP contribution in [0.3, 0.4) is 0 Å². The van der Waals surface area contributed by atoms with E-state index in [1.54, 1.807) is 30.3 Å². The normalized spacial score (nSPS) is 13.3. The molecule has 0 aliphatic carbocycles. The first-order valence-electron chi connectivity index (χ1n) is 5.24. The maximum absolute atomic E-state index is 11.7. The second-order valence-electron chi connectivity index (χ2n) is 3.69. The van der Waals surface area contributed by atoms with E-state index in [0.717, 1.165) is 0 Å². The second kappa shape index (κ2) is 5.84. The lowest BCUT2D eigenvalue weighted by Gasteiger charge is -2.29. The first-order chi connectivity index (χ1) is 8.53. The van der Waals surface area contributed by atoms with Crippen molar-refractivity contribution in [2.75, 3.05) is 6.61 Å². The maximum Gasteiger partial charge on any atom is 0.255 e. The molecule has 1 aromatic rings. The number of primary amides is 2. The molecule has 0 aliphatic rings. The highest BCUT2D eigenvalue weighted by Crippen LogP contribution is 2.29. The van der Waals surface area contributed by atoms with Crippen LogP contribution in [0.25, 0.3) is 0 Å². The first-order valence-corrected chi connectivity index (χ1v) is 5.24. The van der Waals surface area contributed by atoms with E-state index in [1.807, 2.05) is 0 Å². The number of amides is 2. The molecule has 94 valence electrons. The van der Waals surface area contributed by atoms with Crippen molar-refractivity contribution in [1.29, 1.82) is 0 Å². The molecule has 5 nitrogen and oxygen atoms in total. The van der Waals surface area contributed by atoms with Crippen LogP contribution in [0.5, 0.6) is 0 Å². The van der Waals surface area contributed by atoms with Gasteiger partial charge in [-0.3, -0.25) is 9.59 Å². The zero-order chi connectivity index (χ0) is 13.6. The van der Waals surface area contributed by atoms with Crippen LogP contribution in [0.15, 0.2) is 30.3 Å². The van der Waals surface area contributed by atoms with E-state index in [9.17, 15) is 9.59 Å². The molecule has 0 aromatic heterocycles. The highest BCUT2D eigenvalue weighted by atomic mass is 16.5. The molecule has 5 heteroatoms. The lowest BCUT2D eigenvalue weighted by Crippen LogP contribution is -2.45. The molecule has 1 rings (SSSR count). The van der Waals surface area contributed by atoms with Gasteiger partial charge < -0.3 is 16.2 Å². The molecule has 0 fully saturated rings. The summed E-state index contributed by atoms with van der Waals surface area (Å²) >= 11 is 0. The minimum Gasteiger partial charge on any atom is -0.368 e. The number of ether oxygens (including phenoxy) is 1. The number of rotatable bonds is 6. The van der Waals surface area contributed by atoms with E-state index in [1.165, 1.54) is 0 Å². The third-order valence-corrected chi connectivity index (χ3v) is 2.45. The van der Waals surface area contributed by atoms with Crippen LogP contribution >= 0.6 is 0 Å². The van der Waals surface area contributed by atoms with Crippen LogP contribution in [0, 0.1) is 12.3 Å². The number of benzene rings is 1. The summed E-state index contributed by atoms with van der Waals surface area (Å²) in [6, 6.07) is 8.53. The maximum atomic E-state index is 11.7. The Kier molecular flexibility index (Phi) is 4.46. The lowest BCUT2D eigenvalue weighted by molar-refractivity contribution is -0.149. The number of terminal acetylenes is 1. The van der Waals surface area contributed by atoms with Crippen molar-refractivity contribution in [3.63, 3.8) is 0 Å². The van der Waals surface area contributed by atoms with Crippen molar-refractivity contribution < 1.29 is 14.3 Å². The monoisotopic (exact) mass is 246 g/mol. The summed E-state index contributed by atoms with van der Waals surface area (Å²) in [4.78, 5) is 22.5. The van der Waals surface area contributed by atoms with Crippen molar-refractivity contribution >= 4 is 11.8 Å². The second-order valence-corrected chi connectivity index (χ2v) is 3.69. The quantitative estimate of drug-likeness (QED) is 0.686. The van der Waals surface area contributed by atoms with Crippen molar-refractivity contribution in [1.82, 2.24) is 0 Å². The Bertz CT molecular complexity index is 479. The van der Waals surface area contributed by atoms with Gasteiger partial charge in [0.1, 0.15) is 6.61 Å². The van der Waals surface area contributed by atoms with E-state index < -0.39 is 24.0 Å². The first kappa shape index (κ1) is 13.7. The topological polar surface area (TPSA) is 95.4 Å². The number of carbonyl (C=O) groups is 2. The fourth-order valence-electron chi connectivity index (χ4n) is 1.58. The molecule has 2 amide bonds. The van der Waals surface area contributed by atoms with Gasteiger partial charge in [0, 0.05) is 0 Å². The van der Waals surface area contributed by atoms with E-state index in [4.69, 9.17) is 22.6 Å². The SMILES string of the molecule is C#CC[C@@](OCC(N)=O)(C(N)=O)c1ccccc1. The third kappa shape index (κ3) is 2.87. The van der Waals surface area contributed by atoms with Gasteiger partial charge >= 0.3 is 0 Å². The zero-order valence-electron chi connectivity index (χ0n) is 9.76. The van der Waals surface area contributed by atoms with Crippen molar-refractivity contribution in [2.24, 2.45) is 11.5 Å². The molecule has 0 spiro atoms. The van der Waals surface area contributed by atoms with E-state index in [2.05, 4.69) is 5.92 Å². The molecule has 0 aliphatic heterocycles. The summed E-state index contributed by atoms with van der Waals surface area (Å²) in [6.45, 7) is -0.431. The molecule has 1 aromatic carbocycles. The fourth-order valence-corrected chi connectivity index (χ4v) is 1.58. The molecule has 0 bridgehead atoms. The zero-order valence-corrected chi connectivity index (χ0v) is 9.76. The van der Waals surface area contributed by atoms with E-state index in [-0.39, 0.29) is 6.42 Å². The summed E-state index contributed by atoms with van der Waals surface area (Å²) in [5.41, 5.74) is 9.34. The van der Waals surface area contributed by atoms with E-state index in [0.29, 0.717) is 5.56 Å². The molecule has 1 atom stereocenters. The summed E-state index contributed by atoms with van der Waals surface area (Å²) in [5, 5.41) is 0. The Hall–Kier alpha value is -2.32. The van der Waals surface area contributed by atoms with Gasteiger partial charge in [-0.15, -0.1) is 12.3 Å². The Morgan fingerprint density at radius 3 is 2.33 bits per heavy atom. The average molecular weight is 246 g/mol. The van der Waals surface area contributed by atoms with Gasteiger partial charge in [-0.2, -0.15) is 0 Å². The van der Waals surface area contributed by atoms with Gasteiger partial charge in [0.2, 0.25) is 5.91 Å². The van der Waals surface area contributed by atoms with Gasteiger partial charge in [-0.25, -0.2) is 0 Å². The smallest absolute Gasteiger partial charge is 0.255 e. The molecule has 0 unspecified atom stereocenters. The highest BCUT2D eigenvalue weighted by Gasteiger charge is 2.39. The standard InChI is InChI=1S/C13H14N2O3/c1-2-8-13(12(15)17,18-9-11(14)16)10-6-4-3-5-7-10/h1,3-7H,8-9H2,(H2,14,16)(H2,15,17)/t13-/m0/s1. The minimum absolute atomic E-state index is 0.0698. The molecular weight excluding hydrogens is 232 g/mol. The average Bonchev–Trinajstić information content (AvgIpc) is 2.35. The fraction of sp³-hybridized carbons (Fsp3) is 0.231. The Labute approximate surface area is 105 Å². The Morgan fingerprint density at radius 2 is 1.89 bits per heavy atom. The number of hydrogen-bond donors (Lipinski definition) is 2. The molecule has 0 saturated carbocycles. The van der Waals surface area contributed by atoms with Crippen molar-refractivity contribution in [2.45, 2.75) is 12.0 Å². The lowest BCUT2D eigenvalue weighted by atomic mass is 9.89.